The summed E-state index contributed by atoms with van der Waals surface area (Å²) in [6, 6.07) is 10.8. The van der Waals surface area contributed by atoms with Crippen LogP contribution >= 0.6 is 0 Å². The molecule has 9 heteroatoms. The van der Waals surface area contributed by atoms with E-state index in [1.165, 1.54) is 37.6 Å². The quantitative estimate of drug-likeness (QED) is 0.360. The number of methoxy groups -OCH3 is 1. The summed E-state index contributed by atoms with van der Waals surface area (Å²) in [4.78, 5) is 10.2. The summed E-state index contributed by atoms with van der Waals surface area (Å²) in [5.41, 5.74) is 11.0. The van der Waals surface area contributed by atoms with Gasteiger partial charge in [0.1, 0.15) is 5.75 Å². The van der Waals surface area contributed by atoms with Crippen molar-refractivity contribution in [2.45, 2.75) is 0 Å². The van der Waals surface area contributed by atoms with E-state index < -0.39 is 4.92 Å². The first-order valence-electron chi connectivity index (χ1n) is 6.72. The minimum atomic E-state index is -0.477. The van der Waals surface area contributed by atoms with Gasteiger partial charge in [-0.05, 0) is 35.9 Å². The molecule has 0 heterocycles. The number of nitro groups is 1. The Morgan fingerprint density at radius 2 is 1.88 bits per heavy atom. The average molecular weight is 329 g/mol. The van der Waals surface area contributed by atoms with Crippen LogP contribution in [0.15, 0.2) is 52.7 Å². The van der Waals surface area contributed by atoms with Gasteiger partial charge in [0.15, 0.2) is 11.5 Å². The van der Waals surface area contributed by atoms with Gasteiger partial charge in [0.05, 0.1) is 18.2 Å². The third kappa shape index (κ3) is 4.44. The number of non-ortho nitro benzene ring substituents is 1. The van der Waals surface area contributed by atoms with E-state index in [1.54, 1.807) is 18.2 Å². The maximum atomic E-state index is 10.6. The summed E-state index contributed by atoms with van der Waals surface area (Å²) in [6.45, 7) is 0. The first-order chi connectivity index (χ1) is 11.5. The predicted octanol–water partition coefficient (Wildman–Crippen LogP) is 2.00. The molecular weight excluding hydrogens is 314 g/mol. The summed E-state index contributed by atoms with van der Waals surface area (Å²) < 4.78 is 10.9. The highest BCUT2D eigenvalue weighted by Crippen LogP contribution is 2.32. The van der Waals surface area contributed by atoms with Gasteiger partial charge >= 0.3 is 0 Å². The van der Waals surface area contributed by atoms with Crippen LogP contribution in [0, 0.1) is 10.1 Å². The van der Waals surface area contributed by atoms with Crippen LogP contribution in [-0.4, -0.2) is 24.2 Å². The second-order valence-corrected chi connectivity index (χ2v) is 4.53. The van der Waals surface area contributed by atoms with Gasteiger partial charge in [-0.25, -0.2) is 0 Å². The lowest BCUT2D eigenvalue weighted by Gasteiger charge is -2.10. The Labute approximate surface area is 137 Å². The van der Waals surface area contributed by atoms with Crippen molar-refractivity contribution in [1.82, 2.24) is 0 Å². The number of rotatable bonds is 6. The van der Waals surface area contributed by atoms with Crippen LogP contribution in [0.25, 0.3) is 0 Å². The Morgan fingerprint density at radius 1 is 1.17 bits per heavy atom. The number of nitro benzene ring substituents is 1. The van der Waals surface area contributed by atoms with E-state index in [0.717, 1.165) is 0 Å². The fourth-order valence-electron chi connectivity index (χ4n) is 1.77. The molecule has 0 fully saturated rings. The lowest BCUT2D eigenvalue weighted by atomic mass is 10.2. The molecule has 9 nitrogen and oxygen atoms in total. The molecule has 0 atom stereocenters. The number of nitrogens with two attached hydrogens (primary N) is 2. The standard InChI is InChI=1S/C15H15N5O4/c1-23-14-8-10(9-18-19-15(16)17)2-7-13(14)24-12-5-3-11(4-6-12)20(21)22/h2-9H,1H3,(H4,16,17,19)/b18-9+. The van der Waals surface area contributed by atoms with E-state index in [2.05, 4.69) is 10.2 Å². The van der Waals surface area contributed by atoms with Gasteiger partial charge in [0, 0.05) is 12.1 Å². The summed E-state index contributed by atoms with van der Waals surface area (Å²) in [6.07, 6.45) is 1.46. The fraction of sp³-hybridized carbons (Fsp3) is 0.0667. The lowest BCUT2D eigenvalue weighted by molar-refractivity contribution is -0.384. The molecule has 0 aliphatic carbocycles. The van der Waals surface area contributed by atoms with Gasteiger partial charge in [0.25, 0.3) is 5.69 Å². The van der Waals surface area contributed by atoms with E-state index in [1.807, 2.05) is 0 Å². The number of benzene rings is 2. The third-order valence-corrected chi connectivity index (χ3v) is 2.84. The molecule has 2 aromatic rings. The van der Waals surface area contributed by atoms with Crippen molar-refractivity contribution in [2.75, 3.05) is 7.11 Å². The third-order valence-electron chi connectivity index (χ3n) is 2.84. The van der Waals surface area contributed by atoms with E-state index >= 15 is 0 Å². The van der Waals surface area contributed by atoms with Crippen LogP contribution in [0.1, 0.15) is 5.56 Å². The molecule has 0 saturated carbocycles. The van der Waals surface area contributed by atoms with Crippen LogP contribution in [0.2, 0.25) is 0 Å². The molecule has 0 radical (unpaired) electrons. The lowest BCUT2D eigenvalue weighted by Crippen LogP contribution is -2.21. The Bertz CT molecular complexity index is 783. The molecule has 0 aliphatic heterocycles. The Balaban J connectivity index is 2.19. The highest BCUT2D eigenvalue weighted by Gasteiger charge is 2.09. The minimum Gasteiger partial charge on any atom is -0.493 e. The average Bonchev–Trinajstić information content (AvgIpc) is 2.56. The largest absolute Gasteiger partial charge is 0.493 e. The molecule has 2 aromatic carbocycles. The zero-order valence-corrected chi connectivity index (χ0v) is 12.7. The highest BCUT2D eigenvalue weighted by atomic mass is 16.6. The van der Waals surface area contributed by atoms with Crippen LogP contribution < -0.4 is 20.9 Å². The van der Waals surface area contributed by atoms with Crippen molar-refractivity contribution in [3.8, 4) is 17.2 Å². The van der Waals surface area contributed by atoms with Gasteiger partial charge in [-0.2, -0.15) is 5.10 Å². The molecule has 0 bridgehead atoms. The van der Waals surface area contributed by atoms with Crippen LogP contribution in [0.4, 0.5) is 5.69 Å². The SMILES string of the molecule is COc1cc(/C=N/N=C(N)N)ccc1Oc1ccc([N+](=O)[O-])cc1. The summed E-state index contributed by atoms with van der Waals surface area (Å²) in [7, 11) is 1.50. The van der Waals surface area contributed by atoms with Crippen molar-refractivity contribution in [3.05, 3.63) is 58.1 Å². The Kier molecular flexibility index (Phi) is 5.29. The molecule has 0 saturated heterocycles. The van der Waals surface area contributed by atoms with Crippen LogP contribution in [-0.2, 0) is 0 Å². The smallest absolute Gasteiger partial charge is 0.269 e. The number of ether oxygens (including phenoxy) is 2. The molecule has 124 valence electrons. The van der Waals surface area contributed by atoms with Gasteiger partial charge in [0.2, 0.25) is 5.96 Å². The molecular formula is C15H15N5O4. The summed E-state index contributed by atoms with van der Waals surface area (Å²) >= 11 is 0. The van der Waals surface area contributed by atoms with E-state index in [9.17, 15) is 10.1 Å². The number of guanidine groups is 1. The molecule has 0 unspecified atom stereocenters. The van der Waals surface area contributed by atoms with Crippen LogP contribution in [0.5, 0.6) is 17.2 Å². The van der Waals surface area contributed by atoms with Crippen molar-refractivity contribution in [1.29, 1.82) is 0 Å². The second-order valence-electron chi connectivity index (χ2n) is 4.53. The molecule has 0 amide bonds. The molecule has 24 heavy (non-hydrogen) atoms. The summed E-state index contributed by atoms with van der Waals surface area (Å²) in [5.74, 6) is 1.21. The number of hydrogen-bond acceptors (Lipinski definition) is 6. The molecule has 0 aliphatic rings. The zero-order chi connectivity index (χ0) is 17.5. The van der Waals surface area contributed by atoms with Crippen molar-refractivity contribution >= 4 is 17.9 Å². The van der Waals surface area contributed by atoms with Crippen molar-refractivity contribution in [3.63, 3.8) is 0 Å². The topological polar surface area (TPSA) is 138 Å². The van der Waals surface area contributed by atoms with E-state index in [-0.39, 0.29) is 11.6 Å². The van der Waals surface area contributed by atoms with Gasteiger partial charge in [-0.15, -0.1) is 5.10 Å². The Hall–Kier alpha value is -3.62. The van der Waals surface area contributed by atoms with Crippen molar-refractivity contribution in [2.24, 2.45) is 21.7 Å². The Morgan fingerprint density at radius 3 is 2.46 bits per heavy atom. The molecule has 2 rings (SSSR count). The van der Waals surface area contributed by atoms with E-state index in [4.69, 9.17) is 20.9 Å². The van der Waals surface area contributed by atoms with E-state index in [0.29, 0.717) is 22.8 Å². The normalized spacial score (nSPS) is 10.4. The highest BCUT2D eigenvalue weighted by molar-refractivity contribution is 5.82. The van der Waals surface area contributed by atoms with Gasteiger partial charge in [-0.1, -0.05) is 0 Å². The minimum absolute atomic E-state index is 0.0133. The maximum Gasteiger partial charge on any atom is 0.269 e. The molecule has 0 aromatic heterocycles. The molecule has 0 spiro atoms. The first-order valence-corrected chi connectivity index (χ1v) is 6.72. The summed E-state index contributed by atoms with van der Waals surface area (Å²) in [5, 5.41) is 17.9. The van der Waals surface area contributed by atoms with Crippen LogP contribution in [0.3, 0.4) is 0 Å². The zero-order valence-electron chi connectivity index (χ0n) is 12.7. The van der Waals surface area contributed by atoms with Gasteiger partial charge < -0.3 is 20.9 Å². The van der Waals surface area contributed by atoms with Gasteiger partial charge in [-0.3, -0.25) is 10.1 Å². The van der Waals surface area contributed by atoms with Crippen molar-refractivity contribution < 1.29 is 14.4 Å². The second kappa shape index (κ2) is 7.58. The first kappa shape index (κ1) is 16.7. The number of hydrogen-bond donors (Lipinski definition) is 2. The maximum absolute atomic E-state index is 10.6. The fourth-order valence-corrected chi connectivity index (χ4v) is 1.77. The number of nitrogens with zero attached hydrogens (tertiary/aromatic N) is 3. The molecule has 4 N–H and O–H groups in total. The predicted molar refractivity (Wildman–Crippen MR) is 89.6 cm³/mol. The monoisotopic (exact) mass is 329 g/mol.